The summed E-state index contributed by atoms with van der Waals surface area (Å²) in [6.07, 6.45) is 1.61. The van der Waals surface area contributed by atoms with Crippen LogP contribution in [0.3, 0.4) is 0 Å². The average Bonchev–Trinajstić information content (AvgIpc) is 3.54. The van der Waals surface area contributed by atoms with Crippen molar-refractivity contribution in [3.63, 3.8) is 0 Å². The van der Waals surface area contributed by atoms with Crippen LogP contribution in [0.5, 0.6) is 5.75 Å². The summed E-state index contributed by atoms with van der Waals surface area (Å²) in [6.45, 7) is 5.43. The molecule has 5 aromatic rings. The van der Waals surface area contributed by atoms with Gasteiger partial charge >= 0.3 is 0 Å². The molecule has 7 nitrogen and oxygen atoms in total. The highest BCUT2D eigenvalue weighted by molar-refractivity contribution is 7.98. The standard InChI is InChI=1S/C29H30N4O3S2/c1-18(2)23-15-22-24(16-36-23)38-27-25(22)26(34)32(14-13-19-7-5-4-6-8-19)28-30-31-29(33(27)28)37-17-20-9-11-21(35-3)12-10-20/h4-12,18,23H,13-17H2,1-3H3/t23-/m1/s1. The molecular weight excluding hydrogens is 516 g/mol. The van der Waals surface area contributed by atoms with Gasteiger partial charge in [0.1, 0.15) is 10.6 Å². The first kappa shape index (κ1) is 25.2. The molecule has 0 aliphatic carbocycles. The van der Waals surface area contributed by atoms with Crippen LogP contribution in [-0.2, 0) is 36.5 Å². The Bertz CT molecular complexity index is 1640. The van der Waals surface area contributed by atoms with Crippen molar-refractivity contribution in [2.45, 2.75) is 56.9 Å². The van der Waals surface area contributed by atoms with E-state index in [4.69, 9.17) is 9.47 Å². The van der Waals surface area contributed by atoms with Crippen LogP contribution >= 0.6 is 23.1 Å². The monoisotopic (exact) mass is 546 g/mol. The number of benzene rings is 2. The van der Waals surface area contributed by atoms with E-state index in [0.717, 1.165) is 50.2 Å². The number of thioether (sulfide) groups is 1. The lowest BCUT2D eigenvalue weighted by molar-refractivity contribution is 0.00200. The highest BCUT2D eigenvalue weighted by Gasteiger charge is 2.29. The fourth-order valence-electron chi connectivity index (χ4n) is 4.97. The first-order valence-electron chi connectivity index (χ1n) is 12.9. The van der Waals surface area contributed by atoms with Crippen LogP contribution in [0.25, 0.3) is 16.0 Å². The highest BCUT2D eigenvalue weighted by atomic mass is 32.2. The number of thiophene rings is 1. The minimum absolute atomic E-state index is 0.0180. The molecule has 1 aliphatic rings. The van der Waals surface area contributed by atoms with Gasteiger partial charge in [-0.3, -0.25) is 9.36 Å². The van der Waals surface area contributed by atoms with E-state index in [-0.39, 0.29) is 11.7 Å². The van der Waals surface area contributed by atoms with E-state index in [1.807, 2.05) is 34.9 Å². The fraction of sp³-hybridized carbons (Fsp3) is 0.345. The van der Waals surface area contributed by atoms with Crippen LogP contribution in [0.4, 0.5) is 0 Å². The summed E-state index contributed by atoms with van der Waals surface area (Å²) in [7, 11) is 1.67. The number of hydrogen-bond acceptors (Lipinski definition) is 7. The van der Waals surface area contributed by atoms with Gasteiger partial charge in [-0.15, -0.1) is 21.5 Å². The summed E-state index contributed by atoms with van der Waals surface area (Å²) in [4.78, 5) is 16.1. The maximum Gasteiger partial charge on any atom is 0.263 e. The molecule has 3 aromatic heterocycles. The molecule has 1 aliphatic heterocycles. The molecule has 0 unspecified atom stereocenters. The first-order chi connectivity index (χ1) is 18.5. The molecule has 0 radical (unpaired) electrons. The number of fused-ring (bicyclic) bond motifs is 5. The van der Waals surface area contributed by atoms with Gasteiger partial charge in [0, 0.05) is 23.6 Å². The van der Waals surface area contributed by atoms with Gasteiger partial charge in [0.25, 0.3) is 5.56 Å². The molecule has 0 amide bonds. The number of nitrogens with zero attached hydrogens (tertiary/aromatic N) is 4. The third-order valence-electron chi connectivity index (χ3n) is 7.16. The summed E-state index contributed by atoms with van der Waals surface area (Å²) in [6, 6.07) is 18.3. The lowest BCUT2D eigenvalue weighted by atomic mass is 9.96. The molecule has 0 saturated carbocycles. The van der Waals surface area contributed by atoms with Gasteiger partial charge in [-0.05, 0) is 41.2 Å². The van der Waals surface area contributed by atoms with Gasteiger partial charge in [0.05, 0.1) is 25.2 Å². The van der Waals surface area contributed by atoms with E-state index in [9.17, 15) is 4.79 Å². The van der Waals surface area contributed by atoms with Crippen LogP contribution in [0.2, 0.25) is 0 Å². The molecule has 0 bridgehead atoms. The van der Waals surface area contributed by atoms with Crippen molar-refractivity contribution < 1.29 is 9.47 Å². The zero-order chi connectivity index (χ0) is 26.2. The number of hydrogen-bond donors (Lipinski definition) is 0. The quantitative estimate of drug-likeness (QED) is 0.231. The van der Waals surface area contributed by atoms with Gasteiger partial charge in [-0.25, -0.2) is 4.40 Å². The Balaban J connectivity index is 1.45. The summed E-state index contributed by atoms with van der Waals surface area (Å²) in [5, 5.41) is 10.7. The summed E-state index contributed by atoms with van der Waals surface area (Å²) < 4.78 is 15.4. The number of aryl methyl sites for hydroxylation is 2. The zero-order valence-electron chi connectivity index (χ0n) is 21.7. The minimum atomic E-state index is 0.0180. The highest BCUT2D eigenvalue weighted by Crippen LogP contribution is 2.37. The van der Waals surface area contributed by atoms with Crippen LogP contribution in [0.1, 0.15) is 35.4 Å². The Kier molecular flexibility index (Phi) is 6.99. The third kappa shape index (κ3) is 4.63. The SMILES string of the molecule is COc1ccc(CSc2nnc3n(CCc4ccccc4)c(=O)c4c5c(sc4n23)CO[C@@H](C(C)C)C5)cc1. The Morgan fingerprint density at radius 1 is 1.11 bits per heavy atom. The number of rotatable bonds is 8. The largest absolute Gasteiger partial charge is 0.497 e. The molecule has 4 heterocycles. The Morgan fingerprint density at radius 3 is 2.63 bits per heavy atom. The lowest BCUT2D eigenvalue weighted by Crippen LogP contribution is -2.29. The maximum absolute atomic E-state index is 14.1. The third-order valence-corrected chi connectivity index (χ3v) is 9.35. The van der Waals surface area contributed by atoms with Crippen molar-refractivity contribution in [2.75, 3.05) is 7.11 Å². The second-order valence-electron chi connectivity index (χ2n) is 9.93. The summed E-state index contributed by atoms with van der Waals surface area (Å²) in [5.74, 6) is 2.55. The van der Waals surface area contributed by atoms with Crippen molar-refractivity contribution in [1.82, 2.24) is 19.2 Å². The summed E-state index contributed by atoms with van der Waals surface area (Å²) >= 11 is 3.27. The van der Waals surface area contributed by atoms with E-state index in [1.165, 1.54) is 11.1 Å². The normalized spacial score (nSPS) is 15.4. The van der Waals surface area contributed by atoms with Crippen molar-refractivity contribution in [2.24, 2.45) is 5.92 Å². The molecule has 0 N–H and O–H groups in total. The van der Waals surface area contributed by atoms with Crippen LogP contribution in [-0.4, -0.2) is 32.4 Å². The second-order valence-corrected chi connectivity index (χ2v) is 12.0. The maximum atomic E-state index is 14.1. The van der Waals surface area contributed by atoms with Gasteiger partial charge in [-0.2, -0.15) is 0 Å². The zero-order valence-corrected chi connectivity index (χ0v) is 23.3. The van der Waals surface area contributed by atoms with Crippen LogP contribution < -0.4 is 10.3 Å². The van der Waals surface area contributed by atoms with Crippen LogP contribution in [0.15, 0.2) is 64.5 Å². The van der Waals surface area contributed by atoms with Crippen molar-refractivity contribution in [1.29, 1.82) is 0 Å². The number of ether oxygens (including phenoxy) is 2. The predicted molar refractivity (Wildman–Crippen MR) is 152 cm³/mol. The number of aromatic nitrogens is 4. The van der Waals surface area contributed by atoms with Crippen molar-refractivity contribution >= 4 is 39.1 Å². The van der Waals surface area contributed by atoms with E-state index in [1.54, 1.807) is 30.2 Å². The molecule has 1 atom stereocenters. The van der Waals surface area contributed by atoms with E-state index < -0.39 is 0 Å². The van der Waals surface area contributed by atoms with Crippen LogP contribution in [0, 0.1) is 5.92 Å². The number of methoxy groups -OCH3 is 1. The smallest absolute Gasteiger partial charge is 0.263 e. The second kappa shape index (κ2) is 10.6. The molecule has 38 heavy (non-hydrogen) atoms. The van der Waals surface area contributed by atoms with Crippen molar-refractivity contribution in [3.05, 3.63) is 86.5 Å². The predicted octanol–water partition coefficient (Wildman–Crippen LogP) is 5.75. The van der Waals surface area contributed by atoms with Gasteiger partial charge in [0.15, 0.2) is 5.16 Å². The molecule has 6 rings (SSSR count). The Labute approximate surface area is 229 Å². The topological polar surface area (TPSA) is 70.7 Å². The Hall–Kier alpha value is -3.14. The Morgan fingerprint density at radius 2 is 1.89 bits per heavy atom. The van der Waals surface area contributed by atoms with Gasteiger partial charge in [-0.1, -0.05) is 68.1 Å². The van der Waals surface area contributed by atoms with Gasteiger partial charge < -0.3 is 9.47 Å². The van der Waals surface area contributed by atoms with Crippen molar-refractivity contribution in [3.8, 4) is 5.75 Å². The molecular formula is C29H30N4O3S2. The lowest BCUT2D eigenvalue weighted by Gasteiger charge is -2.26. The van der Waals surface area contributed by atoms with E-state index >= 15 is 0 Å². The fourth-order valence-corrected chi connectivity index (χ4v) is 7.16. The molecule has 0 spiro atoms. The molecule has 0 fully saturated rings. The molecule has 9 heteroatoms. The van der Waals surface area contributed by atoms with Gasteiger partial charge in [0.2, 0.25) is 5.78 Å². The molecule has 196 valence electrons. The molecule has 0 saturated heterocycles. The van der Waals surface area contributed by atoms with E-state index in [2.05, 4.69) is 52.7 Å². The van der Waals surface area contributed by atoms with E-state index in [0.29, 0.717) is 24.8 Å². The first-order valence-corrected chi connectivity index (χ1v) is 14.7. The molecule has 2 aromatic carbocycles. The average molecular weight is 547 g/mol. The summed E-state index contributed by atoms with van der Waals surface area (Å²) in [5.41, 5.74) is 3.51. The minimum Gasteiger partial charge on any atom is -0.497 e.